The predicted octanol–water partition coefficient (Wildman–Crippen LogP) is 2.92. The SMILES string of the molecule is COC(=O)CCNc1ccc(Cl)cc1I. The van der Waals surface area contributed by atoms with E-state index in [0.29, 0.717) is 18.0 Å². The number of esters is 1. The topological polar surface area (TPSA) is 38.3 Å². The minimum Gasteiger partial charge on any atom is -0.469 e. The Morgan fingerprint density at radius 1 is 1.60 bits per heavy atom. The van der Waals surface area contributed by atoms with Gasteiger partial charge in [0.2, 0.25) is 0 Å². The lowest BCUT2D eigenvalue weighted by Gasteiger charge is -2.07. The highest BCUT2D eigenvalue weighted by Crippen LogP contribution is 2.22. The molecule has 0 unspecified atom stereocenters. The van der Waals surface area contributed by atoms with Crippen molar-refractivity contribution in [3.8, 4) is 0 Å². The van der Waals surface area contributed by atoms with Gasteiger partial charge in [0, 0.05) is 20.8 Å². The van der Waals surface area contributed by atoms with Gasteiger partial charge in [-0.2, -0.15) is 0 Å². The van der Waals surface area contributed by atoms with Crippen molar-refractivity contribution in [1.82, 2.24) is 0 Å². The summed E-state index contributed by atoms with van der Waals surface area (Å²) in [6.45, 7) is 0.560. The molecule has 0 amide bonds. The lowest BCUT2D eigenvalue weighted by molar-refractivity contribution is -0.140. The largest absolute Gasteiger partial charge is 0.469 e. The average Bonchev–Trinajstić information content (AvgIpc) is 2.21. The van der Waals surface area contributed by atoms with Crippen LogP contribution in [-0.4, -0.2) is 19.6 Å². The second kappa shape index (κ2) is 6.17. The Morgan fingerprint density at radius 3 is 2.93 bits per heavy atom. The molecule has 1 aromatic carbocycles. The molecule has 0 saturated carbocycles. The van der Waals surface area contributed by atoms with Crippen LogP contribution >= 0.6 is 34.2 Å². The van der Waals surface area contributed by atoms with E-state index >= 15 is 0 Å². The van der Waals surface area contributed by atoms with Gasteiger partial charge in [-0.05, 0) is 40.8 Å². The Balaban J connectivity index is 2.47. The standard InChI is InChI=1S/C10H11ClINO2/c1-15-10(14)4-5-13-9-3-2-7(11)6-8(9)12/h2-3,6,13H,4-5H2,1H3. The van der Waals surface area contributed by atoms with Gasteiger partial charge < -0.3 is 10.1 Å². The Labute approximate surface area is 107 Å². The highest BCUT2D eigenvalue weighted by molar-refractivity contribution is 14.1. The number of nitrogens with one attached hydrogen (secondary N) is 1. The lowest BCUT2D eigenvalue weighted by atomic mass is 10.3. The zero-order chi connectivity index (χ0) is 11.3. The van der Waals surface area contributed by atoms with Crippen molar-refractivity contribution in [3.05, 3.63) is 26.8 Å². The molecule has 0 spiro atoms. The van der Waals surface area contributed by atoms with Gasteiger partial charge in [-0.25, -0.2) is 0 Å². The van der Waals surface area contributed by atoms with Crippen molar-refractivity contribution in [3.63, 3.8) is 0 Å². The molecule has 0 atom stereocenters. The molecule has 0 aromatic heterocycles. The molecule has 1 rings (SSSR count). The van der Waals surface area contributed by atoms with Gasteiger partial charge >= 0.3 is 5.97 Å². The van der Waals surface area contributed by atoms with Gasteiger partial charge in [-0.3, -0.25) is 4.79 Å². The minimum absolute atomic E-state index is 0.216. The van der Waals surface area contributed by atoms with Crippen LogP contribution in [0, 0.1) is 3.57 Å². The van der Waals surface area contributed by atoms with E-state index in [1.54, 1.807) is 0 Å². The van der Waals surface area contributed by atoms with Crippen LogP contribution in [0.4, 0.5) is 5.69 Å². The van der Waals surface area contributed by atoms with Gasteiger partial charge in [0.05, 0.1) is 13.5 Å². The number of rotatable bonds is 4. The van der Waals surface area contributed by atoms with Crippen molar-refractivity contribution in [2.75, 3.05) is 19.0 Å². The number of hydrogen-bond donors (Lipinski definition) is 1. The van der Waals surface area contributed by atoms with Crippen molar-refractivity contribution in [2.45, 2.75) is 6.42 Å². The van der Waals surface area contributed by atoms with Crippen LogP contribution in [0.5, 0.6) is 0 Å². The Hall–Kier alpha value is -0.490. The first-order valence-corrected chi connectivity index (χ1v) is 5.85. The van der Waals surface area contributed by atoms with Crippen LogP contribution in [0.15, 0.2) is 18.2 Å². The van der Waals surface area contributed by atoms with Crippen LogP contribution in [0.25, 0.3) is 0 Å². The monoisotopic (exact) mass is 339 g/mol. The molecule has 0 radical (unpaired) electrons. The summed E-state index contributed by atoms with van der Waals surface area (Å²) in [4.78, 5) is 10.9. The molecule has 0 aliphatic heterocycles. The third kappa shape index (κ3) is 4.25. The first-order chi connectivity index (χ1) is 7.13. The van der Waals surface area contributed by atoms with Gasteiger partial charge in [-0.15, -0.1) is 0 Å². The maximum atomic E-state index is 10.9. The van der Waals surface area contributed by atoms with E-state index in [4.69, 9.17) is 11.6 Å². The van der Waals surface area contributed by atoms with E-state index in [2.05, 4.69) is 32.6 Å². The second-order valence-electron chi connectivity index (χ2n) is 2.88. The summed E-state index contributed by atoms with van der Waals surface area (Å²) in [6, 6.07) is 5.56. The molecule has 0 saturated heterocycles. The fraction of sp³-hybridized carbons (Fsp3) is 0.300. The summed E-state index contributed by atoms with van der Waals surface area (Å²) < 4.78 is 5.57. The van der Waals surface area contributed by atoms with E-state index in [0.717, 1.165) is 9.26 Å². The molecule has 0 aliphatic carbocycles. The van der Waals surface area contributed by atoms with Gasteiger partial charge in [0.25, 0.3) is 0 Å². The molecule has 0 heterocycles. The normalized spacial score (nSPS) is 9.80. The molecule has 82 valence electrons. The fourth-order valence-electron chi connectivity index (χ4n) is 1.03. The number of carbonyl (C=O) groups is 1. The van der Waals surface area contributed by atoms with Crippen molar-refractivity contribution < 1.29 is 9.53 Å². The summed E-state index contributed by atoms with van der Waals surface area (Å²) >= 11 is 8.01. The van der Waals surface area contributed by atoms with Crippen LogP contribution in [0.1, 0.15) is 6.42 Å². The zero-order valence-electron chi connectivity index (χ0n) is 8.22. The Bertz CT molecular complexity index is 357. The molecule has 5 heteroatoms. The van der Waals surface area contributed by atoms with Crippen LogP contribution in [0.2, 0.25) is 5.02 Å². The molecule has 15 heavy (non-hydrogen) atoms. The summed E-state index contributed by atoms with van der Waals surface area (Å²) in [5.74, 6) is -0.216. The Kier molecular flexibility index (Phi) is 5.17. The predicted molar refractivity (Wildman–Crippen MR) is 69.3 cm³/mol. The third-order valence-corrected chi connectivity index (χ3v) is 2.93. The number of hydrogen-bond acceptors (Lipinski definition) is 3. The van der Waals surface area contributed by atoms with Crippen LogP contribution in [-0.2, 0) is 9.53 Å². The maximum absolute atomic E-state index is 10.9. The smallest absolute Gasteiger partial charge is 0.307 e. The quantitative estimate of drug-likeness (QED) is 0.677. The summed E-state index contributed by atoms with van der Waals surface area (Å²) in [6.07, 6.45) is 0.356. The second-order valence-corrected chi connectivity index (χ2v) is 4.48. The number of ether oxygens (including phenoxy) is 1. The Morgan fingerprint density at radius 2 is 2.33 bits per heavy atom. The fourth-order valence-corrected chi connectivity index (χ4v) is 2.10. The molecule has 3 nitrogen and oxygen atoms in total. The number of carbonyl (C=O) groups excluding carboxylic acids is 1. The summed E-state index contributed by atoms with van der Waals surface area (Å²) in [5, 5.41) is 3.84. The molecular formula is C10H11ClINO2. The van der Waals surface area contributed by atoms with Crippen molar-refractivity contribution in [1.29, 1.82) is 0 Å². The van der Waals surface area contributed by atoms with E-state index in [9.17, 15) is 4.79 Å². The maximum Gasteiger partial charge on any atom is 0.307 e. The number of halogens is 2. The van der Waals surface area contributed by atoms with Crippen LogP contribution in [0.3, 0.4) is 0 Å². The third-order valence-electron chi connectivity index (χ3n) is 1.80. The van der Waals surface area contributed by atoms with Crippen LogP contribution < -0.4 is 5.32 Å². The first-order valence-electron chi connectivity index (χ1n) is 4.39. The van der Waals surface area contributed by atoms with E-state index < -0.39 is 0 Å². The molecule has 1 N–H and O–H groups in total. The van der Waals surface area contributed by atoms with E-state index in [1.807, 2.05) is 18.2 Å². The average molecular weight is 340 g/mol. The number of anilines is 1. The van der Waals surface area contributed by atoms with Crippen molar-refractivity contribution in [2.24, 2.45) is 0 Å². The molecule has 0 bridgehead atoms. The van der Waals surface area contributed by atoms with E-state index in [-0.39, 0.29) is 5.97 Å². The molecule has 1 aromatic rings. The van der Waals surface area contributed by atoms with Gasteiger partial charge in [0.1, 0.15) is 0 Å². The molecule has 0 fully saturated rings. The number of methoxy groups -OCH3 is 1. The van der Waals surface area contributed by atoms with E-state index in [1.165, 1.54) is 7.11 Å². The van der Waals surface area contributed by atoms with Gasteiger partial charge in [0.15, 0.2) is 0 Å². The van der Waals surface area contributed by atoms with Crippen molar-refractivity contribution >= 4 is 45.8 Å². The summed E-state index contributed by atoms with van der Waals surface area (Å²) in [7, 11) is 1.38. The number of benzene rings is 1. The molecule has 0 aliphatic rings. The minimum atomic E-state index is -0.216. The summed E-state index contributed by atoms with van der Waals surface area (Å²) in [5.41, 5.74) is 0.976. The molecular weight excluding hydrogens is 328 g/mol. The zero-order valence-corrected chi connectivity index (χ0v) is 11.1. The highest BCUT2D eigenvalue weighted by Gasteiger charge is 2.02. The van der Waals surface area contributed by atoms with Gasteiger partial charge in [-0.1, -0.05) is 11.6 Å². The highest BCUT2D eigenvalue weighted by atomic mass is 127. The lowest BCUT2D eigenvalue weighted by Crippen LogP contribution is -2.10. The first kappa shape index (κ1) is 12.6.